The summed E-state index contributed by atoms with van der Waals surface area (Å²) in [6.45, 7) is 0. The Labute approximate surface area is 106 Å². The lowest BCUT2D eigenvalue weighted by atomic mass is 10.2. The molecule has 0 unspecified atom stereocenters. The minimum absolute atomic E-state index is 0.619. The third-order valence-electron chi connectivity index (χ3n) is 2.07. The number of hydrogen-bond acceptors (Lipinski definition) is 3. The average Bonchev–Trinajstić information content (AvgIpc) is 2.60. The first-order valence-electron chi connectivity index (χ1n) is 4.71. The van der Waals surface area contributed by atoms with Crippen LogP contribution in [0.3, 0.4) is 0 Å². The van der Waals surface area contributed by atoms with Crippen molar-refractivity contribution in [2.45, 2.75) is 19.3 Å². The second-order valence-corrected chi connectivity index (χ2v) is 5.59. The van der Waals surface area contributed by atoms with Crippen molar-refractivity contribution < 1.29 is 0 Å². The van der Waals surface area contributed by atoms with Crippen molar-refractivity contribution in [2.24, 2.45) is 0 Å². The third-order valence-corrected chi connectivity index (χ3v) is 3.82. The van der Waals surface area contributed by atoms with E-state index in [9.17, 15) is 0 Å². The van der Waals surface area contributed by atoms with Gasteiger partial charge in [0.15, 0.2) is 0 Å². The topological polar surface area (TPSA) is 36.7 Å². The molecule has 1 aromatic heterocycles. The predicted molar refractivity (Wildman–Crippen MR) is 70.9 cm³/mol. The average molecular weight is 328 g/mol. The lowest BCUT2D eigenvalue weighted by Gasteiger charge is -1.88. The molecular formula is C11H9IN2S. The maximum Gasteiger partial charge on any atom is 0.0938 e. The molecule has 0 aliphatic heterocycles. The number of hydrogen-bond donors (Lipinski definition) is 0. The molecule has 2 aromatic rings. The molecule has 2 rings (SSSR count). The Morgan fingerprint density at radius 1 is 1.47 bits per heavy atom. The number of thiazole rings is 1. The molecule has 0 aliphatic rings. The summed E-state index contributed by atoms with van der Waals surface area (Å²) >= 11 is 4.04. The number of benzene rings is 1. The van der Waals surface area contributed by atoms with Gasteiger partial charge in [-0.3, -0.25) is 0 Å². The van der Waals surface area contributed by atoms with Gasteiger partial charge in [-0.25, -0.2) is 4.98 Å². The molecule has 0 amide bonds. The molecule has 0 fully saturated rings. The fourth-order valence-electron chi connectivity index (χ4n) is 1.37. The van der Waals surface area contributed by atoms with Crippen molar-refractivity contribution >= 4 is 44.1 Å². The van der Waals surface area contributed by atoms with Crippen LogP contribution in [0.25, 0.3) is 10.2 Å². The Kier molecular flexibility index (Phi) is 3.54. The fraction of sp³-hybridized carbons (Fsp3) is 0.273. The van der Waals surface area contributed by atoms with Crippen molar-refractivity contribution in [3.8, 4) is 6.07 Å². The van der Waals surface area contributed by atoms with Crippen LogP contribution in [0.2, 0.25) is 0 Å². The third kappa shape index (κ3) is 2.67. The first-order valence-corrected chi connectivity index (χ1v) is 6.61. The summed E-state index contributed by atoms with van der Waals surface area (Å²) in [5.74, 6) is 0. The van der Waals surface area contributed by atoms with Crippen LogP contribution < -0.4 is 0 Å². The number of aromatic nitrogens is 1. The van der Waals surface area contributed by atoms with E-state index >= 15 is 0 Å². The molecular weight excluding hydrogens is 319 g/mol. The second kappa shape index (κ2) is 4.90. The molecule has 0 radical (unpaired) electrons. The molecule has 0 saturated carbocycles. The number of halogens is 1. The summed E-state index contributed by atoms with van der Waals surface area (Å²) in [5.41, 5.74) is 1.08. The lowest BCUT2D eigenvalue weighted by molar-refractivity contribution is 0.845. The highest BCUT2D eigenvalue weighted by atomic mass is 127. The van der Waals surface area contributed by atoms with Crippen LogP contribution in [0.1, 0.15) is 17.8 Å². The van der Waals surface area contributed by atoms with E-state index in [0.717, 1.165) is 23.4 Å². The summed E-state index contributed by atoms with van der Waals surface area (Å²) in [5, 5.41) is 9.59. The van der Waals surface area contributed by atoms with Crippen molar-refractivity contribution in [1.29, 1.82) is 5.26 Å². The van der Waals surface area contributed by atoms with Gasteiger partial charge in [0.05, 0.1) is 21.3 Å². The summed E-state index contributed by atoms with van der Waals surface area (Å²) in [6, 6.07) is 8.44. The second-order valence-electron chi connectivity index (χ2n) is 3.23. The monoisotopic (exact) mass is 328 g/mol. The summed E-state index contributed by atoms with van der Waals surface area (Å²) in [4.78, 5) is 4.53. The minimum atomic E-state index is 0.619. The Bertz CT molecular complexity index is 513. The number of aryl methyl sites for hydroxylation is 1. The van der Waals surface area contributed by atoms with E-state index in [1.807, 2.05) is 0 Å². The molecule has 4 heteroatoms. The van der Waals surface area contributed by atoms with Gasteiger partial charge in [-0.1, -0.05) is 0 Å². The van der Waals surface area contributed by atoms with E-state index in [1.165, 1.54) is 8.27 Å². The van der Waals surface area contributed by atoms with E-state index in [1.54, 1.807) is 11.3 Å². The highest BCUT2D eigenvalue weighted by Gasteiger charge is 2.03. The largest absolute Gasteiger partial charge is 0.241 e. The van der Waals surface area contributed by atoms with Gasteiger partial charge in [-0.2, -0.15) is 5.26 Å². The molecule has 1 heterocycles. The van der Waals surface area contributed by atoms with Crippen LogP contribution >= 0.6 is 33.9 Å². The maximum atomic E-state index is 8.45. The van der Waals surface area contributed by atoms with E-state index in [0.29, 0.717) is 6.42 Å². The van der Waals surface area contributed by atoms with Gasteiger partial charge in [0.25, 0.3) is 0 Å². The molecule has 0 atom stereocenters. The molecule has 15 heavy (non-hydrogen) atoms. The van der Waals surface area contributed by atoms with E-state index in [4.69, 9.17) is 5.26 Å². The summed E-state index contributed by atoms with van der Waals surface area (Å²) in [7, 11) is 0. The van der Waals surface area contributed by atoms with Crippen LogP contribution in [0.15, 0.2) is 18.2 Å². The number of nitrogens with zero attached hydrogens (tertiary/aromatic N) is 2. The van der Waals surface area contributed by atoms with Gasteiger partial charge >= 0.3 is 0 Å². The van der Waals surface area contributed by atoms with E-state index in [2.05, 4.69) is 51.8 Å². The molecule has 0 bridgehead atoms. The van der Waals surface area contributed by atoms with Gasteiger partial charge in [0, 0.05) is 16.4 Å². The number of unbranched alkanes of at least 4 members (excludes halogenated alkanes) is 1. The summed E-state index contributed by atoms with van der Waals surface area (Å²) in [6.07, 6.45) is 2.45. The zero-order valence-electron chi connectivity index (χ0n) is 8.03. The SMILES string of the molecule is N#CCCCc1nc2ccc(I)cc2s1. The zero-order valence-corrected chi connectivity index (χ0v) is 11.0. The number of rotatable bonds is 3. The Hall–Kier alpha value is -0.670. The van der Waals surface area contributed by atoms with Crippen molar-refractivity contribution in [3.63, 3.8) is 0 Å². The number of fused-ring (bicyclic) bond motifs is 1. The summed E-state index contributed by atoms with van der Waals surface area (Å²) < 4.78 is 2.49. The van der Waals surface area contributed by atoms with Crippen LogP contribution in [-0.4, -0.2) is 4.98 Å². The smallest absolute Gasteiger partial charge is 0.0938 e. The Morgan fingerprint density at radius 2 is 2.33 bits per heavy atom. The zero-order chi connectivity index (χ0) is 10.7. The standard InChI is InChI=1S/C11H9IN2S/c12-8-4-5-9-10(7-8)15-11(14-9)3-1-2-6-13/h4-5,7H,1-3H2. The van der Waals surface area contributed by atoms with Crippen LogP contribution in [0, 0.1) is 14.9 Å². The fourth-order valence-corrected chi connectivity index (χ4v) is 3.12. The van der Waals surface area contributed by atoms with Crippen LogP contribution in [-0.2, 0) is 6.42 Å². The molecule has 0 spiro atoms. The van der Waals surface area contributed by atoms with Crippen molar-refractivity contribution in [2.75, 3.05) is 0 Å². The highest BCUT2D eigenvalue weighted by Crippen LogP contribution is 2.24. The van der Waals surface area contributed by atoms with Crippen LogP contribution in [0.5, 0.6) is 0 Å². The van der Waals surface area contributed by atoms with Crippen molar-refractivity contribution in [3.05, 3.63) is 26.8 Å². The normalized spacial score (nSPS) is 10.4. The maximum absolute atomic E-state index is 8.45. The van der Waals surface area contributed by atoms with Gasteiger partial charge in [-0.15, -0.1) is 11.3 Å². The lowest BCUT2D eigenvalue weighted by Crippen LogP contribution is -1.81. The van der Waals surface area contributed by atoms with Crippen LogP contribution in [0.4, 0.5) is 0 Å². The van der Waals surface area contributed by atoms with Gasteiger partial charge in [-0.05, 0) is 47.2 Å². The predicted octanol–water partition coefficient (Wildman–Crippen LogP) is 3.75. The first-order chi connectivity index (χ1) is 7.29. The number of nitriles is 1. The highest BCUT2D eigenvalue weighted by molar-refractivity contribution is 14.1. The molecule has 2 nitrogen and oxygen atoms in total. The molecule has 76 valence electrons. The quantitative estimate of drug-likeness (QED) is 0.636. The van der Waals surface area contributed by atoms with Gasteiger partial charge in [0.1, 0.15) is 0 Å². The first kappa shape index (κ1) is 10.8. The van der Waals surface area contributed by atoms with E-state index < -0.39 is 0 Å². The Morgan fingerprint density at radius 3 is 3.13 bits per heavy atom. The van der Waals surface area contributed by atoms with Crippen molar-refractivity contribution in [1.82, 2.24) is 4.98 Å². The molecule has 0 aliphatic carbocycles. The molecule has 1 aromatic carbocycles. The van der Waals surface area contributed by atoms with E-state index in [-0.39, 0.29) is 0 Å². The molecule has 0 N–H and O–H groups in total. The molecule has 0 saturated heterocycles. The van der Waals surface area contributed by atoms with Gasteiger partial charge in [0.2, 0.25) is 0 Å². The minimum Gasteiger partial charge on any atom is -0.241 e. The van der Waals surface area contributed by atoms with Gasteiger partial charge < -0.3 is 0 Å². The Balaban J connectivity index is 2.20.